The van der Waals surface area contributed by atoms with E-state index in [-0.39, 0.29) is 11.9 Å². The number of anilines is 1. The second kappa shape index (κ2) is 6.21. The fourth-order valence-electron chi connectivity index (χ4n) is 1.82. The molecule has 0 spiro atoms. The first-order valence-electron chi connectivity index (χ1n) is 6.01. The first-order chi connectivity index (χ1) is 9.11. The number of hydrogen-bond acceptors (Lipinski definition) is 3. The maximum atomic E-state index is 12.3. The standard InChI is InChI=1S/C14H15BrN2OS/c1-2-12(13-4-3-7-19-13)17-14(18)10-8-9(16)5-6-11(10)15/h3-8,12H,2,16H2,1H3,(H,17,18). The molecule has 1 unspecified atom stereocenters. The number of carbonyl (C=O) groups excluding carboxylic acids is 1. The molecule has 0 aliphatic carbocycles. The Labute approximate surface area is 125 Å². The number of carbonyl (C=O) groups is 1. The van der Waals surface area contributed by atoms with Crippen molar-refractivity contribution in [2.45, 2.75) is 19.4 Å². The molecule has 0 fully saturated rings. The van der Waals surface area contributed by atoms with Gasteiger partial charge >= 0.3 is 0 Å². The lowest BCUT2D eigenvalue weighted by Crippen LogP contribution is -2.28. The average molecular weight is 339 g/mol. The van der Waals surface area contributed by atoms with E-state index >= 15 is 0 Å². The molecule has 1 amide bonds. The van der Waals surface area contributed by atoms with Crippen molar-refractivity contribution in [1.82, 2.24) is 5.32 Å². The van der Waals surface area contributed by atoms with Crippen LogP contribution in [0.1, 0.15) is 34.6 Å². The molecule has 3 N–H and O–H groups in total. The van der Waals surface area contributed by atoms with E-state index in [2.05, 4.69) is 28.2 Å². The van der Waals surface area contributed by atoms with Crippen LogP contribution in [0.25, 0.3) is 0 Å². The third-order valence-electron chi connectivity index (χ3n) is 2.84. The Morgan fingerprint density at radius 2 is 2.26 bits per heavy atom. The minimum Gasteiger partial charge on any atom is -0.399 e. The van der Waals surface area contributed by atoms with Gasteiger partial charge in [-0.15, -0.1) is 11.3 Å². The van der Waals surface area contributed by atoms with Crippen LogP contribution >= 0.6 is 27.3 Å². The summed E-state index contributed by atoms with van der Waals surface area (Å²) in [6, 6.07) is 9.30. The Balaban J connectivity index is 2.18. The molecule has 100 valence electrons. The Kier molecular flexibility index (Phi) is 4.61. The normalized spacial score (nSPS) is 12.1. The lowest BCUT2D eigenvalue weighted by Gasteiger charge is -2.16. The minimum absolute atomic E-state index is 0.0424. The van der Waals surface area contributed by atoms with Crippen LogP contribution in [0.5, 0.6) is 0 Å². The lowest BCUT2D eigenvalue weighted by molar-refractivity contribution is 0.0935. The second-order valence-electron chi connectivity index (χ2n) is 4.19. The lowest BCUT2D eigenvalue weighted by atomic mass is 10.1. The Hall–Kier alpha value is -1.33. The summed E-state index contributed by atoms with van der Waals surface area (Å²) in [6.45, 7) is 2.05. The SMILES string of the molecule is CCC(NC(=O)c1cc(N)ccc1Br)c1cccs1. The Morgan fingerprint density at radius 3 is 2.89 bits per heavy atom. The molecule has 0 aliphatic heterocycles. The van der Waals surface area contributed by atoms with Gasteiger partial charge in [-0.3, -0.25) is 4.79 Å². The minimum atomic E-state index is -0.112. The Morgan fingerprint density at radius 1 is 1.47 bits per heavy atom. The number of nitrogens with one attached hydrogen (secondary N) is 1. The van der Waals surface area contributed by atoms with Gasteiger partial charge in [-0.2, -0.15) is 0 Å². The van der Waals surface area contributed by atoms with Crippen molar-refractivity contribution >= 4 is 38.9 Å². The zero-order valence-electron chi connectivity index (χ0n) is 10.5. The second-order valence-corrected chi connectivity index (χ2v) is 6.02. The molecular formula is C14H15BrN2OS. The molecule has 0 saturated heterocycles. The molecule has 1 heterocycles. The first kappa shape index (κ1) is 14.1. The van der Waals surface area contributed by atoms with Crippen molar-refractivity contribution < 1.29 is 4.79 Å². The highest BCUT2D eigenvalue weighted by molar-refractivity contribution is 9.10. The molecule has 2 aromatic rings. The predicted molar refractivity (Wildman–Crippen MR) is 83.4 cm³/mol. The first-order valence-corrected chi connectivity index (χ1v) is 7.68. The van der Waals surface area contributed by atoms with Crippen LogP contribution in [0.3, 0.4) is 0 Å². The summed E-state index contributed by atoms with van der Waals surface area (Å²) in [5.41, 5.74) is 6.87. The van der Waals surface area contributed by atoms with Crippen molar-refractivity contribution in [2.24, 2.45) is 0 Å². The molecular weight excluding hydrogens is 324 g/mol. The van der Waals surface area contributed by atoms with Gasteiger partial charge in [0.25, 0.3) is 5.91 Å². The zero-order valence-corrected chi connectivity index (χ0v) is 12.9. The van der Waals surface area contributed by atoms with Crippen LogP contribution in [-0.2, 0) is 0 Å². The fourth-order valence-corrected chi connectivity index (χ4v) is 3.10. The summed E-state index contributed by atoms with van der Waals surface area (Å²) in [7, 11) is 0. The van der Waals surface area contributed by atoms with Crippen molar-refractivity contribution in [1.29, 1.82) is 0 Å². The van der Waals surface area contributed by atoms with Crippen LogP contribution in [0.15, 0.2) is 40.2 Å². The van der Waals surface area contributed by atoms with Gasteiger partial charge in [-0.05, 0) is 52.0 Å². The zero-order chi connectivity index (χ0) is 13.8. The smallest absolute Gasteiger partial charge is 0.253 e. The molecule has 3 nitrogen and oxygen atoms in total. The highest BCUT2D eigenvalue weighted by atomic mass is 79.9. The van der Waals surface area contributed by atoms with Gasteiger partial charge in [-0.1, -0.05) is 13.0 Å². The van der Waals surface area contributed by atoms with E-state index in [0.717, 1.165) is 15.8 Å². The molecule has 1 aromatic heterocycles. The molecule has 19 heavy (non-hydrogen) atoms. The molecule has 1 atom stereocenters. The maximum absolute atomic E-state index is 12.3. The summed E-state index contributed by atoms with van der Waals surface area (Å²) in [5, 5.41) is 5.05. The van der Waals surface area contributed by atoms with Crippen LogP contribution in [0.2, 0.25) is 0 Å². The van der Waals surface area contributed by atoms with Crippen molar-refractivity contribution in [2.75, 3.05) is 5.73 Å². The third kappa shape index (κ3) is 3.36. The highest BCUT2D eigenvalue weighted by Gasteiger charge is 2.16. The molecule has 0 aliphatic rings. The molecule has 0 radical (unpaired) electrons. The Bertz CT molecular complexity index is 569. The summed E-state index contributed by atoms with van der Waals surface area (Å²) < 4.78 is 0.750. The molecule has 5 heteroatoms. The van der Waals surface area contributed by atoms with Gasteiger partial charge in [0.05, 0.1) is 11.6 Å². The summed E-state index contributed by atoms with van der Waals surface area (Å²) in [6.07, 6.45) is 0.853. The van der Waals surface area contributed by atoms with E-state index in [0.29, 0.717) is 11.3 Å². The van der Waals surface area contributed by atoms with Gasteiger partial charge < -0.3 is 11.1 Å². The average Bonchev–Trinajstić information content (AvgIpc) is 2.92. The number of halogens is 1. The van der Waals surface area contributed by atoms with Crippen LogP contribution in [0.4, 0.5) is 5.69 Å². The number of nitrogens with two attached hydrogens (primary N) is 1. The molecule has 1 aromatic carbocycles. The summed E-state index contributed by atoms with van der Waals surface area (Å²) >= 11 is 5.03. The van der Waals surface area contributed by atoms with Gasteiger partial charge in [0, 0.05) is 15.0 Å². The predicted octanol–water partition coefficient (Wildman–Crippen LogP) is 3.97. The molecule has 0 bridgehead atoms. The quantitative estimate of drug-likeness (QED) is 0.828. The highest BCUT2D eigenvalue weighted by Crippen LogP contribution is 2.24. The van der Waals surface area contributed by atoms with Gasteiger partial charge in [-0.25, -0.2) is 0 Å². The largest absolute Gasteiger partial charge is 0.399 e. The van der Waals surface area contributed by atoms with Crippen LogP contribution in [-0.4, -0.2) is 5.91 Å². The fraction of sp³-hybridized carbons (Fsp3) is 0.214. The number of rotatable bonds is 4. The third-order valence-corrected chi connectivity index (χ3v) is 4.51. The monoisotopic (exact) mass is 338 g/mol. The number of benzene rings is 1. The molecule has 0 saturated carbocycles. The topological polar surface area (TPSA) is 55.1 Å². The summed E-state index contributed by atoms with van der Waals surface area (Å²) in [5.74, 6) is -0.112. The number of thiophene rings is 1. The van der Waals surface area contributed by atoms with Crippen molar-refractivity contribution in [3.8, 4) is 0 Å². The van der Waals surface area contributed by atoms with E-state index in [1.54, 1.807) is 29.5 Å². The summed E-state index contributed by atoms with van der Waals surface area (Å²) in [4.78, 5) is 13.5. The number of nitrogen functional groups attached to an aromatic ring is 1. The maximum Gasteiger partial charge on any atom is 0.253 e. The molecule has 2 rings (SSSR count). The van der Waals surface area contributed by atoms with E-state index in [1.165, 1.54) is 0 Å². The van der Waals surface area contributed by atoms with Crippen LogP contribution in [0, 0.1) is 0 Å². The van der Waals surface area contributed by atoms with Crippen molar-refractivity contribution in [3.05, 3.63) is 50.6 Å². The number of amides is 1. The van der Waals surface area contributed by atoms with Gasteiger partial charge in [0.1, 0.15) is 0 Å². The van der Waals surface area contributed by atoms with Gasteiger partial charge in [0.15, 0.2) is 0 Å². The van der Waals surface area contributed by atoms with Crippen molar-refractivity contribution in [3.63, 3.8) is 0 Å². The van der Waals surface area contributed by atoms with E-state index in [9.17, 15) is 4.79 Å². The number of hydrogen-bond donors (Lipinski definition) is 2. The van der Waals surface area contributed by atoms with E-state index < -0.39 is 0 Å². The van der Waals surface area contributed by atoms with Gasteiger partial charge in [0.2, 0.25) is 0 Å². The van der Waals surface area contributed by atoms with E-state index in [1.807, 2.05) is 17.5 Å². The van der Waals surface area contributed by atoms with Crippen LogP contribution < -0.4 is 11.1 Å². The van der Waals surface area contributed by atoms with E-state index in [4.69, 9.17) is 5.73 Å².